The fraction of sp³-hybridized carbons (Fsp3) is 0.125. The molecule has 0 aliphatic carbocycles. The smallest absolute Gasteiger partial charge is 0.210 e. The third-order valence-corrected chi connectivity index (χ3v) is 6.39. The molecule has 3 aromatic heterocycles. The van der Waals surface area contributed by atoms with Crippen LogP contribution in [0.3, 0.4) is 0 Å². The van der Waals surface area contributed by atoms with E-state index in [9.17, 15) is 0 Å². The number of rotatable bonds is 4. The lowest BCUT2D eigenvalue weighted by Crippen LogP contribution is -1.94. The van der Waals surface area contributed by atoms with Crippen molar-refractivity contribution in [3.8, 4) is 0 Å². The first-order valence-electron chi connectivity index (χ1n) is 7.23. The second-order valence-corrected chi connectivity index (χ2v) is 8.27. The van der Waals surface area contributed by atoms with Crippen molar-refractivity contribution in [2.75, 3.05) is 5.32 Å². The van der Waals surface area contributed by atoms with Gasteiger partial charge in [-0.25, -0.2) is 9.97 Å². The Morgan fingerprint density at radius 1 is 1.08 bits per heavy atom. The number of aryl methyl sites for hydroxylation is 1. The highest BCUT2D eigenvalue weighted by Crippen LogP contribution is 2.36. The standard InChI is InChI=1S/C16H13N5S3/c1-9-4-3-5-12(10(9)2)19-15-20-21-16(24-15)23-14-11-6-7-22-13(11)17-8-18-14/h3-8H,1-2H3,(H,19,20). The van der Waals surface area contributed by atoms with Crippen LogP contribution in [0.1, 0.15) is 11.1 Å². The van der Waals surface area contributed by atoms with Crippen LogP contribution in [0.2, 0.25) is 0 Å². The molecule has 0 bridgehead atoms. The summed E-state index contributed by atoms with van der Waals surface area (Å²) in [6, 6.07) is 8.23. The van der Waals surface area contributed by atoms with Crippen LogP contribution >= 0.6 is 34.4 Å². The average Bonchev–Trinajstić information content (AvgIpc) is 3.22. The summed E-state index contributed by atoms with van der Waals surface area (Å²) >= 11 is 4.65. The minimum absolute atomic E-state index is 0.779. The summed E-state index contributed by atoms with van der Waals surface area (Å²) in [6.45, 7) is 4.20. The lowest BCUT2D eigenvalue weighted by atomic mass is 10.1. The van der Waals surface area contributed by atoms with Gasteiger partial charge in [-0.2, -0.15) is 0 Å². The summed E-state index contributed by atoms with van der Waals surface area (Å²) in [6.07, 6.45) is 1.59. The van der Waals surface area contributed by atoms with Crippen molar-refractivity contribution in [1.29, 1.82) is 0 Å². The molecule has 4 aromatic rings. The van der Waals surface area contributed by atoms with Crippen molar-refractivity contribution in [2.45, 2.75) is 23.2 Å². The molecule has 0 amide bonds. The van der Waals surface area contributed by atoms with Crippen molar-refractivity contribution in [3.63, 3.8) is 0 Å². The number of hydrogen-bond acceptors (Lipinski definition) is 8. The van der Waals surface area contributed by atoms with Crippen LogP contribution in [0.5, 0.6) is 0 Å². The maximum atomic E-state index is 4.37. The highest BCUT2D eigenvalue weighted by atomic mass is 32.2. The summed E-state index contributed by atoms with van der Waals surface area (Å²) in [7, 11) is 0. The number of nitrogens with zero attached hydrogens (tertiary/aromatic N) is 4. The van der Waals surface area contributed by atoms with E-state index in [1.165, 1.54) is 34.2 Å². The molecular formula is C16H13N5S3. The molecule has 3 heterocycles. The molecule has 0 aliphatic heterocycles. The molecule has 0 radical (unpaired) electrons. The van der Waals surface area contributed by atoms with E-state index in [2.05, 4.69) is 51.5 Å². The number of aromatic nitrogens is 4. The van der Waals surface area contributed by atoms with E-state index in [0.717, 1.165) is 30.4 Å². The van der Waals surface area contributed by atoms with Crippen LogP contribution < -0.4 is 5.32 Å². The number of anilines is 2. The van der Waals surface area contributed by atoms with Gasteiger partial charge >= 0.3 is 0 Å². The van der Waals surface area contributed by atoms with Crippen LogP contribution in [-0.2, 0) is 0 Å². The number of nitrogens with one attached hydrogen (secondary N) is 1. The van der Waals surface area contributed by atoms with E-state index in [4.69, 9.17) is 0 Å². The van der Waals surface area contributed by atoms with E-state index in [1.54, 1.807) is 17.7 Å². The average molecular weight is 372 g/mol. The van der Waals surface area contributed by atoms with E-state index >= 15 is 0 Å². The summed E-state index contributed by atoms with van der Waals surface area (Å²) in [5, 5.41) is 16.6. The van der Waals surface area contributed by atoms with Crippen molar-refractivity contribution in [1.82, 2.24) is 20.2 Å². The van der Waals surface area contributed by atoms with E-state index in [-0.39, 0.29) is 0 Å². The highest BCUT2D eigenvalue weighted by Gasteiger charge is 2.12. The summed E-state index contributed by atoms with van der Waals surface area (Å²) < 4.78 is 0.856. The van der Waals surface area contributed by atoms with Crippen molar-refractivity contribution in [2.24, 2.45) is 0 Å². The lowest BCUT2D eigenvalue weighted by molar-refractivity contribution is 1.01. The second kappa shape index (κ2) is 6.46. The Morgan fingerprint density at radius 2 is 2.00 bits per heavy atom. The Bertz CT molecular complexity index is 1010. The molecule has 1 N–H and O–H groups in total. The predicted octanol–water partition coefficient (Wildman–Crippen LogP) is 5.05. The molecule has 0 unspecified atom stereocenters. The maximum absolute atomic E-state index is 4.37. The van der Waals surface area contributed by atoms with Gasteiger partial charge in [-0.3, -0.25) is 0 Å². The largest absolute Gasteiger partial charge is 0.330 e. The molecule has 24 heavy (non-hydrogen) atoms. The number of benzene rings is 1. The third kappa shape index (κ3) is 3.00. The normalized spacial score (nSPS) is 11.1. The first kappa shape index (κ1) is 15.5. The van der Waals surface area contributed by atoms with Gasteiger partial charge in [-0.05, 0) is 54.2 Å². The maximum Gasteiger partial charge on any atom is 0.210 e. The zero-order chi connectivity index (χ0) is 16.5. The van der Waals surface area contributed by atoms with Gasteiger partial charge in [0.05, 0.1) is 0 Å². The van der Waals surface area contributed by atoms with Gasteiger partial charge in [0.2, 0.25) is 5.13 Å². The quantitative estimate of drug-likeness (QED) is 0.506. The van der Waals surface area contributed by atoms with Gasteiger partial charge in [0.25, 0.3) is 0 Å². The number of hydrogen-bond donors (Lipinski definition) is 1. The third-order valence-electron chi connectivity index (χ3n) is 3.66. The van der Waals surface area contributed by atoms with Crippen LogP contribution in [0.4, 0.5) is 10.8 Å². The first-order valence-corrected chi connectivity index (χ1v) is 9.75. The van der Waals surface area contributed by atoms with Crippen LogP contribution in [0.25, 0.3) is 10.2 Å². The van der Waals surface area contributed by atoms with E-state index < -0.39 is 0 Å². The van der Waals surface area contributed by atoms with Crippen LogP contribution in [0.15, 0.2) is 45.3 Å². The molecule has 1 aromatic carbocycles. The van der Waals surface area contributed by atoms with Crippen LogP contribution in [-0.4, -0.2) is 20.2 Å². The molecule has 0 spiro atoms. The topological polar surface area (TPSA) is 63.6 Å². The molecule has 0 aliphatic rings. The van der Waals surface area contributed by atoms with Gasteiger partial charge < -0.3 is 5.32 Å². The Kier molecular flexibility index (Phi) is 4.17. The van der Waals surface area contributed by atoms with Gasteiger partial charge in [-0.15, -0.1) is 21.5 Å². The van der Waals surface area contributed by atoms with Gasteiger partial charge in [0, 0.05) is 11.1 Å². The fourth-order valence-corrected chi connectivity index (χ4v) is 4.78. The molecule has 0 saturated carbocycles. The zero-order valence-electron chi connectivity index (χ0n) is 13.0. The van der Waals surface area contributed by atoms with Crippen molar-refractivity contribution in [3.05, 3.63) is 47.1 Å². The Balaban J connectivity index is 1.57. The molecule has 5 nitrogen and oxygen atoms in total. The molecule has 0 fully saturated rings. The van der Waals surface area contributed by atoms with E-state index in [1.807, 2.05) is 17.5 Å². The minimum Gasteiger partial charge on any atom is -0.330 e. The molecular weight excluding hydrogens is 358 g/mol. The SMILES string of the molecule is Cc1cccc(Nc2nnc(Sc3ncnc4sccc34)s2)c1C. The van der Waals surface area contributed by atoms with Gasteiger partial charge in [0.15, 0.2) is 4.34 Å². The molecule has 0 atom stereocenters. The summed E-state index contributed by atoms with van der Waals surface area (Å²) in [5.74, 6) is 0. The number of fused-ring (bicyclic) bond motifs is 1. The number of thiophene rings is 1. The molecule has 120 valence electrons. The monoisotopic (exact) mass is 371 g/mol. The van der Waals surface area contributed by atoms with Gasteiger partial charge in [0.1, 0.15) is 16.2 Å². The van der Waals surface area contributed by atoms with Crippen molar-refractivity contribution >= 4 is 55.5 Å². The van der Waals surface area contributed by atoms with E-state index in [0.29, 0.717) is 0 Å². The van der Waals surface area contributed by atoms with Crippen LogP contribution in [0, 0.1) is 13.8 Å². The molecule has 4 rings (SSSR count). The second-order valence-electron chi connectivity index (χ2n) is 5.17. The highest BCUT2D eigenvalue weighted by molar-refractivity contribution is 8.01. The zero-order valence-corrected chi connectivity index (χ0v) is 15.4. The first-order chi connectivity index (χ1) is 11.7. The molecule has 8 heteroatoms. The Hall–Kier alpha value is -2.03. The summed E-state index contributed by atoms with van der Waals surface area (Å²) in [4.78, 5) is 9.63. The Labute approximate surface area is 151 Å². The minimum atomic E-state index is 0.779. The molecule has 0 saturated heterocycles. The summed E-state index contributed by atoms with van der Waals surface area (Å²) in [5.41, 5.74) is 3.53. The predicted molar refractivity (Wildman–Crippen MR) is 101 cm³/mol. The lowest BCUT2D eigenvalue weighted by Gasteiger charge is -2.08. The Morgan fingerprint density at radius 3 is 2.92 bits per heavy atom. The van der Waals surface area contributed by atoms with Crippen molar-refractivity contribution < 1.29 is 0 Å². The van der Waals surface area contributed by atoms with Gasteiger partial charge in [-0.1, -0.05) is 23.5 Å². The fourth-order valence-electron chi connectivity index (χ4n) is 2.23.